The van der Waals surface area contributed by atoms with Crippen molar-refractivity contribution in [3.8, 4) is 0 Å². The molecule has 0 aromatic heterocycles. The number of nitrogens with zero attached hydrogens (tertiary/aromatic N) is 1. The molecule has 5 nitrogen and oxygen atoms in total. The summed E-state index contributed by atoms with van der Waals surface area (Å²) in [6, 6.07) is 0. The molecule has 5 heteroatoms. The first-order valence-corrected chi connectivity index (χ1v) is 7.70. The summed E-state index contributed by atoms with van der Waals surface area (Å²) >= 11 is 0. The standard InChI is InChI=1S/C15H26N2O3/c1-10(6-14(18)19)12-4-3-5-17(9-12)15(20)13-8-16-7-11(13)2/h10-13,16H,3-9H2,1-2H3,(H,18,19)/t10?,11-,12?,13-/m1/s1. The van der Waals surface area contributed by atoms with Crippen LogP contribution < -0.4 is 5.32 Å². The molecule has 2 N–H and O–H groups in total. The van der Waals surface area contributed by atoms with E-state index in [4.69, 9.17) is 5.11 Å². The van der Waals surface area contributed by atoms with Gasteiger partial charge in [0.15, 0.2) is 0 Å². The number of amides is 1. The van der Waals surface area contributed by atoms with Crippen LogP contribution in [0.3, 0.4) is 0 Å². The summed E-state index contributed by atoms with van der Waals surface area (Å²) in [5, 5.41) is 12.2. The Morgan fingerprint density at radius 1 is 1.40 bits per heavy atom. The average molecular weight is 282 g/mol. The number of nitrogens with one attached hydrogen (secondary N) is 1. The van der Waals surface area contributed by atoms with E-state index >= 15 is 0 Å². The van der Waals surface area contributed by atoms with Gasteiger partial charge < -0.3 is 15.3 Å². The molecule has 20 heavy (non-hydrogen) atoms. The maximum absolute atomic E-state index is 12.6. The largest absolute Gasteiger partial charge is 0.481 e. The Hall–Kier alpha value is -1.10. The first-order chi connectivity index (χ1) is 9.49. The SMILES string of the molecule is CC(CC(=O)O)C1CCCN(C(=O)[C@@H]2CNC[C@H]2C)C1. The predicted octanol–water partition coefficient (Wildman–Crippen LogP) is 1.19. The van der Waals surface area contributed by atoms with Crippen LogP contribution in [-0.4, -0.2) is 48.1 Å². The monoisotopic (exact) mass is 282 g/mol. The first kappa shape index (κ1) is 15.3. The van der Waals surface area contributed by atoms with Crippen LogP contribution in [0.25, 0.3) is 0 Å². The van der Waals surface area contributed by atoms with Gasteiger partial charge in [0.25, 0.3) is 0 Å². The van der Waals surface area contributed by atoms with E-state index in [0.717, 1.165) is 39.0 Å². The highest BCUT2D eigenvalue weighted by molar-refractivity contribution is 5.80. The topological polar surface area (TPSA) is 69.6 Å². The Labute approximate surface area is 120 Å². The van der Waals surface area contributed by atoms with Crippen LogP contribution in [0.1, 0.15) is 33.1 Å². The van der Waals surface area contributed by atoms with E-state index in [1.165, 1.54) is 0 Å². The van der Waals surface area contributed by atoms with E-state index in [0.29, 0.717) is 11.8 Å². The molecule has 0 aromatic rings. The minimum atomic E-state index is -0.741. The summed E-state index contributed by atoms with van der Waals surface area (Å²) in [7, 11) is 0. The molecule has 1 amide bonds. The van der Waals surface area contributed by atoms with E-state index in [9.17, 15) is 9.59 Å². The smallest absolute Gasteiger partial charge is 0.303 e. The quantitative estimate of drug-likeness (QED) is 0.812. The number of carboxylic acid groups (broad SMARTS) is 1. The van der Waals surface area contributed by atoms with Gasteiger partial charge in [0.05, 0.1) is 5.92 Å². The van der Waals surface area contributed by atoms with Crippen LogP contribution in [0.4, 0.5) is 0 Å². The lowest BCUT2D eigenvalue weighted by atomic mass is 9.84. The van der Waals surface area contributed by atoms with Crippen molar-refractivity contribution in [1.82, 2.24) is 10.2 Å². The van der Waals surface area contributed by atoms with E-state index in [1.54, 1.807) is 0 Å². The summed E-state index contributed by atoms with van der Waals surface area (Å²) in [6.45, 7) is 7.38. The molecule has 2 rings (SSSR count). The van der Waals surface area contributed by atoms with Gasteiger partial charge in [-0.15, -0.1) is 0 Å². The Morgan fingerprint density at radius 2 is 2.15 bits per heavy atom. The normalized spacial score (nSPS) is 32.1. The molecule has 2 saturated heterocycles. The third kappa shape index (κ3) is 3.51. The number of carbonyl (C=O) groups excluding carboxylic acids is 1. The zero-order chi connectivity index (χ0) is 14.7. The van der Waals surface area contributed by atoms with E-state index < -0.39 is 5.97 Å². The fraction of sp³-hybridized carbons (Fsp3) is 0.867. The van der Waals surface area contributed by atoms with Gasteiger partial charge in [-0.2, -0.15) is 0 Å². The average Bonchev–Trinajstić information content (AvgIpc) is 2.83. The highest BCUT2D eigenvalue weighted by Crippen LogP contribution is 2.28. The van der Waals surface area contributed by atoms with Crippen LogP contribution in [-0.2, 0) is 9.59 Å². The Morgan fingerprint density at radius 3 is 2.75 bits per heavy atom. The van der Waals surface area contributed by atoms with Crippen molar-refractivity contribution in [3.05, 3.63) is 0 Å². The van der Waals surface area contributed by atoms with Crippen LogP contribution >= 0.6 is 0 Å². The van der Waals surface area contributed by atoms with Crippen molar-refractivity contribution in [3.63, 3.8) is 0 Å². The van der Waals surface area contributed by atoms with Crippen LogP contribution in [0, 0.1) is 23.7 Å². The molecule has 4 atom stereocenters. The van der Waals surface area contributed by atoms with E-state index in [-0.39, 0.29) is 24.2 Å². The summed E-state index contributed by atoms with van der Waals surface area (Å²) < 4.78 is 0. The zero-order valence-corrected chi connectivity index (χ0v) is 12.5. The van der Waals surface area contributed by atoms with Gasteiger partial charge in [0.2, 0.25) is 5.91 Å². The Bertz CT molecular complexity index is 372. The number of likely N-dealkylation sites (tertiary alicyclic amines) is 1. The zero-order valence-electron chi connectivity index (χ0n) is 12.5. The molecule has 0 aromatic carbocycles. The van der Waals surface area contributed by atoms with Crippen molar-refractivity contribution in [2.24, 2.45) is 23.7 Å². The molecule has 0 bridgehead atoms. The fourth-order valence-corrected chi connectivity index (χ4v) is 3.49. The van der Waals surface area contributed by atoms with Gasteiger partial charge in [0.1, 0.15) is 0 Å². The molecule has 2 unspecified atom stereocenters. The second kappa shape index (κ2) is 6.57. The van der Waals surface area contributed by atoms with Crippen molar-refractivity contribution in [2.75, 3.05) is 26.2 Å². The lowest BCUT2D eigenvalue weighted by Crippen LogP contribution is -2.46. The van der Waals surface area contributed by atoms with Crippen molar-refractivity contribution < 1.29 is 14.7 Å². The van der Waals surface area contributed by atoms with Gasteiger partial charge in [-0.3, -0.25) is 9.59 Å². The molecule has 0 spiro atoms. The number of carbonyl (C=O) groups is 2. The summed E-state index contributed by atoms with van der Waals surface area (Å²) in [6.07, 6.45) is 2.24. The van der Waals surface area contributed by atoms with E-state index in [1.807, 2.05) is 11.8 Å². The number of hydrogen-bond donors (Lipinski definition) is 2. The number of hydrogen-bond acceptors (Lipinski definition) is 3. The first-order valence-electron chi connectivity index (χ1n) is 7.70. The summed E-state index contributed by atoms with van der Waals surface area (Å²) in [5.41, 5.74) is 0. The van der Waals surface area contributed by atoms with Gasteiger partial charge in [-0.1, -0.05) is 13.8 Å². The second-order valence-electron chi connectivity index (χ2n) is 6.50. The summed E-state index contributed by atoms with van der Waals surface area (Å²) in [5.74, 6) is 0.489. The molecule has 0 saturated carbocycles. The molecule has 0 radical (unpaired) electrons. The molecule has 2 aliphatic heterocycles. The molecule has 2 aliphatic rings. The Kier molecular flexibility index (Phi) is 5.02. The third-order valence-corrected chi connectivity index (χ3v) is 4.91. The number of piperidine rings is 1. The summed E-state index contributed by atoms with van der Waals surface area (Å²) in [4.78, 5) is 25.4. The maximum Gasteiger partial charge on any atom is 0.303 e. The van der Waals surface area contributed by atoms with Crippen molar-refractivity contribution >= 4 is 11.9 Å². The fourth-order valence-electron chi connectivity index (χ4n) is 3.49. The molecule has 0 aliphatic carbocycles. The van der Waals surface area contributed by atoms with Crippen LogP contribution in [0.5, 0.6) is 0 Å². The lowest BCUT2D eigenvalue weighted by Gasteiger charge is -2.37. The lowest BCUT2D eigenvalue weighted by molar-refractivity contribution is -0.139. The molecular formula is C15H26N2O3. The highest BCUT2D eigenvalue weighted by Gasteiger charge is 2.35. The molecule has 2 heterocycles. The van der Waals surface area contributed by atoms with Gasteiger partial charge in [0, 0.05) is 26.1 Å². The predicted molar refractivity (Wildman–Crippen MR) is 76.2 cm³/mol. The van der Waals surface area contributed by atoms with Crippen molar-refractivity contribution in [2.45, 2.75) is 33.1 Å². The third-order valence-electron chi connectivity index (χ3n) is 4.91. The van der Waals surface area contributed by atoms with Gasteiger partial charge in [-0.05, 0) is 37.1 Å². The minimum absolute atomic E-state index is 0.100. The number of rotatable bonds is 4. The van der Waals surface area contributed by atoms with Gasteiger partial charge >= 0.3 is 5.97 Å². The maximum atomic E-state index is 12.6. The molecular weight excluding hydrogens is 256 g/mol. The minimum Gasteiger partial charge on any atom is -0.481 e. The Balaban J connectivity index is 1.92. The molecule has 2 fully saturated rings. The number of carboxylic acids is 1. The highest BCUT2D eigenvalue weighted by atomic mass is 16.4. The van der Waals surface area contributed by atoms with Crippen molar-refractivity contribution in [1.29, 1.82) is 0 Å². The van der Waals surface area contributed by atoms with Crippen LogP contribution in [0.15, 0.2) is 0 Å². The van der Waals surface area contributed by atoms with E-state index in [2.05, 4.69) is 12.2 Å². The van der Waals surface area contributed by atoms with Crippen LogP contribution in [0.2, 0.25) is 0 Å². The molecule has 114 valence electrons. The number of aliphatic carboxylic acids is 1. The second-order valence-corrected chi connectivity index (χ2v) is 6.50. The van der Waals surface area contributed by atoms with Gasteiger partial charge in [-0.25, -0.2) is 0 Å².